The summed E-state index contributed by atoms with van der Waals surface area (Å²) in [5.41, 5.74) is 5.77. The predicted molar refractivity (Wildman–Crippen MR) is 52.7 cm³/mol. The molecule has 2 rings (SSSR count). The van der Waals surface area contributed by atoms with Crippen molar-refractivity contribution in [1.29, 1.82) is 0 Å². The highest BCUT2D eigenvalue weighted by Gasteiger charge is 2.29. The minimum absolute atomic E-state index is 0.144. The van der Waals surface area contributed by atoms with Crippen LogP contribution in [0.1, 0.15) is 25.7 Å². The number of carbonyl (C=O) groups is 1. The third-order valence-electron chi connectivity index (χ3n) is 3.12. The van der Waals surface area contributed by atoms with Crippen molar-refractivity contribution in [3.63, 3.8) is 0 Å². The summed E-state index contributed by atoms with van der Waals surface area (Å²) in [6.07, 6.45) is 3.73. The minimum atomic E-state index is 0.144. The van der Waals surface area contributed by atoms with E-state index in [-0.39, 0.29) is 23.9 Å². The molecule has 4 heteroatoms. The molecule has 1 aliphatic carbocycles. The zero-order valence-electron chi connectivity index (χ0n) is 8.37. The number of rotatable bonds is 2. The van der Waals surface area contributed by atoms with E-state index >= 15 is 0 Å². The zero-order valence-corrected chi connectivity index (χ0v) is 8.37. The average Bonchev–Trinajstić information content (AvgIpc) is 2.75. The standard InChI is InChI=1S/C10H18N2O2/c11-8-2-1-7(5-8)10(13)12-9-3-4-14-6-9/h7-9H,1-6,11H2,(H,12,13). The predicted octanol–water partition coefficient (Wildman–Crippen LogP) is 0.0189. The lowest BCUT2D eigenvalue weighted by molar-refractivity contribution is -0.125. The second kappa shape index (κ2) is 4.28. The van der Waals surface area contributed by atoms with E-state index in [1.165, 1.54) is 0 Å². The number of amides is 1. The van der Waals surface area contributed by atoms with Gasteiger partial charge in [0.2, 0.25) is 5.91 Å². The Kier molecular flexibility index (Phi) is 3.03. The van der Waals surface area contributed by atoms with Crippen LogP contribution in [0.15, 0.2) is 0 Å². The topological polar surface area (TPSA) is 64.4 Å². The normalized spacial score (nSPS) is 37.4. The van der Waals surface area contributed by atoms with Gasteiger partial charge in [0.1, 0.15) is 0 Å². The molecule has 14 heavy (non-hydrogen) atoms. The molecule has 0 aromatic heterocycles. The summed E-state index contributed by atoms with van der Waals surface area (Å²) in [4.78, 5) is 11.7. The molecule has 1 saturated carbocycles. The highest BCUT2D eigenvalue weighted by atomic mass is 16.5. The molecule has 0 aromatic rings. The molecule has 0 radical (unpaired) electrons. The number of nitrogens with one attached hydrogen (secondary N) is 1. The van der Waals surface area contributed by atoms with Crippen LogP contribution in [0.25, 0.3) is 0 Å². The van der Waals surface area contributed by atoms with Gasteiger partial charge in [-0.25, -0.2) is 0 Å². The molecule has 1 heterocycles. The summed E-state index contributed by atoms with van der Waals surface area (Å²) in [5.74, 6) is 0.319. The largest absolute Gasteiger partial charge is 0.379 e. The van der Waals surface area contributed by atoms with E-state index in [9.17, 15) is 4.79 Å². The maximum Gasteiger partial charge on any atom is 0.223 e. The third-order valence-corrected chi connectivity index (χ3v) is 3.12. The highest BCUT2D eigenvalue weighted by Crippen LogP contribution is 2.24. The van der Waals surface area contributed by atoms with Crippen LogP contribution in [0.2, 0.25) is 0 Å². The molecule has 0 bridgehead atoms. The Morgan fingerprint density at radius 3 is 2.79 bits per heavy atom. The fourth-order valence-corrected chi connectivity index (χ4v) is 2.22. The molecule has 2 aliphatic rings. The number of hydrogen-bond acceptors (Lipinski definition) is 3. The summed E-state index contributed by atoms with van der Waals surface area (Å²) in [6.45, 7) is 1.44. The van der Waals surface area contributed by atoms with E-state index < -0.39 is 0 Å². The number of carbonyl (C=O) groups excluding carboxylic acids is 1. The van der Waals surface area contributed by atoms with E-state index in [0.717, 1.165) is 32.3 Å². The van der Waals surface area contributed by atoms with Crippen molar-refractivity contribution >= 4 is 5.91 Å². The fourth-order valence-electron chi connectivity index (χ4n) is 2.22. The van der Waals surface area contributed by atoms with Crippen molar-refractivity contribution < 1.29 is 9.53 Å². The van der Waals surface area contributed by atoms with Gasteiger partial charge < -0.3 is 15.8 Å². The first kappa shape index (κ1) is 9.93. The van der Waals surface area contributed by atoms with Gasteiger partial charge >= 0.3 is 0 Å². The van der Waals surface area contributed by atoms with Crippen LogP contribution in [0.4, 0.5) is 0 Å². The lowest BCUT2D eigenvalue weighted by atomic mass is 10.1. The van der Waals surface area contributed by atoms with E-state index in [1.807, 2.05) is 0 Å². The Labute approximate surface area is 84.2 Å². The van der Waals surface area contributed by atoms with Crippen LogP contribution < -0.4 is 11.1 Å². The van der Waals surface area contributed by atoms with Gasteiger partial charge in [-0.1, -0.05) is 0 Å². The van der Waals surface area contributed by atoms with Crippen molar-refractivity contribution in [2.75, 3.05) is 13.2 Å². The number of nitrogens with two attached hydrogens (primary N) is 1. The molecular weight excluding hydrogens is 180 g/mol. The zero-order chi connectivity index (χ0) is 9.97. The first-order chi connectivity index (χ1) is 6.75. The van der Waals surface area contributed by atoms with E-state index in [2.05, 4.69) is 5.32 Å². The SMILES string of the molecule is NC1CCC(C(=O)NC2CCOC2)C1. The summed E-state index contributed by atoms with van der Waals surface area (Å²) < 4.78 is 5.20. The lowest BCUT2D eigenvalue weighted by Gasteiger charge is -2.14. The van der Waals surface area contributed by atoms with Gasteiger partial charge in [0.15, 0.2) is 0 Å². The van der Waals surface area contributed by atoms with Crippen molar-refractivity contribution in [2.24, 2.45) is 11.7 Å². The van der Waals surface area contributed by atoms with Gasteiger partial charge in [-0.3, -0.25) is 4.79 Å². The summed E-state index contributed by atoms with van der Waals surface area (Å²) >= 11 is 0. The van der Waals surface area contributed by atoms with E-state index in [1.54, 1.807) is 0 Å². The first-order valence-electron chi connectivity index (χ1n) is 5.39. The van der Waals surface area contributed by atoms with Crippen LogP contribution in [0.5, 0.6) is 0 Å². The Morgan fingerprint density at radius 2 is 2.21 bits per heavy atom. The van der Waals surface area contributed by atoms with Gasteiger partial charge in [0.05, 0.1) is 12.6 Å². The number of ether oxygens (including phenoxy) is 1. The molecule has 1 aliphatic heterocycles. The van der Waals surface area contributed by atoms with E-state index in [4.69, 9.17) is 10.5 Å². The molecule has 0 spiro atoms. The van der Waals surface area contributed by atoms with Gasteiger partial charge in [0.25, 0.3) is 0 Å². The molecule has 3 unspecified atom stereocenters. The Morgan fingerprint density at radius 1 is 1.36 bits per heavy atom. The second-order valence-corrected chi connectivity index (χ2v) is 4.34. The molecule has 2 fully saturated rings. The van der Waals surface area contributed by atoms with Crippen molar-refractivity contribution in [3.8, 4) is 0 Å². The molecule has 0 aromatic carbocycles. The lowest BCUT2D eigenvalue weighted by Crippen LogP contribution is -2.38. The van der Waals surface area contributed by atoms with Gasteiger partial charge in [-0.2, -0.15) is 0 Å². The van der Waals surface area contributed by atoms with Crippen LogP contribution in [-0.2, 0) is 9.53 Å². The number of hydrogen-bond donors (Lipinski definition) is 2. The molecule has 3 N–H and O–H groups in total. The molecule has 3 atom stereocenters. The minimum Gasteiger partial charge on any atom is -0.379 e. The average molecular weight is 198 g/mol. The Balaban J connectivity index is 1.77. The van der Waals surface area contributed by atoms with Crippen LogP contribution >= 0.6 is 0 Å². The highest BCUT2D eigenvalue weighted by molar-refractivity contribution is 5.79. The smallest absolute Gasteiger partial charge is 0.223 e. The van der Waals surface area contributed by atoms with Crippen LogP contribution in [-0.4, -0.2) is 31.2 Å². The molecular formula is C10H18N2O2. The quantitative estimate of drug-likeness (QED) is 0.657. The molecule has 1 amide bonds. The van der Waals surface area contributed by atoms with Crippen molar-refractivity contribution in [1.82, 2.24) is 5.32 Å². The summed E-state index contributed by atoms with van der Waals surface area (Å²) in [6, 6.07) is 0.463. The maximum atomic E-state index is 11.7. The second-order valence-electron chi connectivity index (χ2n) is 4.34. The van der Waals surface area contributed by atoms with Gasteiger partial charge in [-0.05, 0) is 25.7 Å². The van der Waals surface area contributed by atoms with Crippen LogP contribution in [0.3, 0.4) is 0 Å². The van der Waals surface area contributed by atoms with Gasteiger partial charge in [-0.15, -0.1) is 0 Å². The molecule has 80 valence electrons. The fraction of sp³-hybridized carbons (Fsp3) is 0.900. The van der Waals surface area contributed by atoms with Crippen molar-refractivity contribution in [3.05, 3.63) is 0 Å². The molecule has 4 nitrogen and oxygen atoms in total. The van der Waals surface area contributed by atoms with Gasteiger partial charge in [0, 0.05) is 18.6 Å². The summed E-state index contributed by atoms with van der Waals surface area (Å²) in [7, 11) is 0. The van der Waals surface area contributed by atoms with Crippen molar-refractivity contribution in [2.45, 2.75) is 37.8 Å². The van der Waals surface area contributed by atoms with Crippen LogP contribution in [0, 0.1) is 5.92 Å². The first-order valence-corrected chi connectivity index (χ1v) is 5.39. The monoisotopic (exact) mass is 198 g/mol. The Hall–Kier alpha value is -0.610. The molecule has 1 saturated heterocycles. The maximum absolute atomic E-state index is 11.7. The third kappa shape index (κ3) is 2.25. The summed E-state index contributed by atoms with van der Waals surface area (Å²) in [5, 5.41) is 3.02. The van der Waals surface area contributed by atoms with E-state index in [0.29, 0.717) is 6.61 Å². The Bertz CT molecular complexity index is 214.